The van der Waals surface area contributed by atoms with Crippen LogP contribution in [-0.4, -0.2) is 12.1 Å². The number of nitriles is 1. The molecule has 1 aromatic heterocycles. The zero-order chi connectivity index (χ0) is 18.0. The van der Waals surface area contributed by atoms with Crippen molar-refractivity contribution in [1.82, 2.24) is 4.98 Å². The van der Waals surface area contributed by atoms with Crippen LogP contribution >= 0.6 is 0 Å². The monoisotopic (exact) mass is 329 g/mol. The lowest BCUT2D eigenvalue weighted by molar-refractivity contribution is 0.412. The van der Waals surface area contributed by atoms with Gasteiger partial charge in [0.2, 0.25) is 0 Å². The molecule has 0 bridgehead atoms. The zero-order valence-corrected chi connectivity index (χ0v) is 14.5. The maximum absolute atomic E-state index is 9.66. The fourth-order valence-electron chi connectivity index (χ4n) is 2.87. The smallest absolute Gasteiger partial charge is 0.141 e. The van der Waals surface area contributed by atoms with Crippen molar-refractivity contribution in [2.75, 3.05) is 12.8 Å². The van der Waals surface area contributed by atoms with E-state index in [1.165, 1.54) is 5.56 Å². The minimum Gasteiger partial charge on any atom is -0.496 e. The van der Waals surface area contributed by atoms with Gasteiger partial charge < -0.3 is 10.5 Å². The Labute approximate surface area is 147 Å². The predicted octanol–water partition coefficient (Wildman–Crippen LogP) is 4.49. The van der Waals surface area contributed by atoms with Crippen LogP contribution < -0.4 is 10.5 Å². The Balaban J connectivity index is 2.32. The Hall–Kier alpha value is -3.32. The standard InChI is InChI=1S/C21H19N3O/c1-13-4-7-15(8-5-13)18-12-24-21(23)17(11-22)20(18)16-9-6-14(2)19(10-16)25-3/h4-10,12H,1-3H3,(H2,23,24). The number of nitrogens with zero attached hydrogens (tertiary/aromatic N) is 2. The van der Waals surface area contributed by atoms with Crippen molar-refractivity contribution >= 4 is 5.82 Å². The first kappa shape index (κ1) is 16.5. The summed E-state index contributed by atoms with van der Waals surface area (Å²) in [5.74, 6) is 1.000. The number of methoxy groups -OCH3 is 1. The van der Waals surface area contributed by atoms with Gasteiger partial charge in [0.25, 0.3) is 0 Å². The number of hydrogen-bond acceptors (Lipinski definition) is 4. The summed E-state index contributed by atoms with van der Waals surface area (Å²) in [4.78, 5) is 4.22. The van der Waals surface area contributed by atoms with Crippen LogP contribution in [-0.2, 0) is 0 Å². The molecule has 0 unspecified atom stereocenters. The minimum atomic E-state index is 0.230. The van der Waals surface area contributed by atoms with E-state index in [1.807, 2.05) is 56.3 Å². The molecule has 2 aromatic carbocycles. The highest BCUT2D eigenvalue weighted by Gasteiger charge is 2.17. The highest BCUT2D eigenvalue weighted by Crippen LogP contribution is 2.38. The maximum atomic E-state index is 9.66. The summed E-state index contributed by atoms with van der Waals surface area (Å²) in [6.45, 7) is 4.02. The molecule has 0 aliphatic rings. The van der Waals surface area contributed by atoms with Crippen LogP contribution in [0.15, 0.2) is 48.7 Å². The predicted molar refractivity (Wildman–Crippen MR) is 100 cm³/mol. The summed E-state index contributed by atoms with van der Waals surface area (Å²) in [5.41, 5.74) is 12.1. The van der Waals surface area contributed by atoms with Gasteiger partial charge in [-0.05, 0) is 36.6 Å². The Morgan fingerprint density at radius 1 is 1.04 bits per heavy atom. The van der Waals surface area contributed by atoms with Gasteiger partial charge in [0, 0.05) is 17.3 Å². The van der Waals surface area contributed by atoms with Gasteiger partial charge in [-0.25, -0.2) is 4.98 Å². The molecule has 0 radical (unpaired) electrons. The van der Waals surface area contributed by atoms with Crippen LogP contribution in [0, 0.1) is 25.2 Å². The Morgan fingerprint density at radius 2 is 1.72 bits per heavy atom. The molecule has 3 aromatic rings. The largest absolute Gasteiger partial charge is 0.496 e. The number of hydrogen-bond donors (Lipinski definition) is 1. The van der Waals surface area contributed by atoms with Crippen LogP contribution in [0.5, 0.6) is 5.75 Å². The maximum Gasteiger partial charge on any atom is 0.141 e. The van der Waals surface area contributed by atoms with Crippen molar-refractivity contribution < 1.29 is 4.74 Å². The number of aryl methyl sites for hydroxylation is 2. The fraction of sp³-hybridized carbons (Fsp3) is 0.143. The van der Waals surface area contributed by atoms with Crippen molar-refractivity contribution in [2.24, 2.45) is 0 Å². The molecular formula is C21H19N3O. The van der Waals surface area contributed by atoms with E-state index < -0.39 is 0 Å². The quantitative estimate of drug-likeness (QED) is 0.768. The first-order valence-electron chi connectivity index (χ1n) is 7.95. The van der Waals surface area contributed by atoms with Gasteiger partial charge in [0.05, 0.1) is 7.11 Å². The highest BCUT2D eigenvalue weighted by atomic mass is 16.5. The fourth-order valence-corrected chi connectivity index (χ4v) is 2.87. The summed E-state index contributed by atoms with van der Waals surface area (Å²) >= 11 is 0. The average molecular weight is 329 g/mol. The number of anilines is 1. The summed E-state index contributed by atoms with van der Waals surface area (Å²) in [6, 6.07) is 16.2. The van der Waals surface area contributed by atoms with Crippen molar-refractivity contribution in [3.63, 3.8) is 0 Å². The van der Waals surface area contributed by atoms with Crippen LogP contribution in [0.4, 0.5) is 5.82 Å². The van der Waals surface area contributed by atoms with E-state index in [9.17, 15) is 5.26 Å². The molecular weight excluding hydrogens is 310 g/mol. The van der Waals surface area contributed by atoms with E-state index in [-0.39, 0.29) is 5.82 Å². The second-order valence-electron chi connectivity index (χ2n) is 5.97. The minimum absolute atomic E-state index is 0.230. The highest BCUT2D eigenvalue weighted by molar-refractivity contribution is 5.89. The Kier molecular flexibility index (Phi) is 4.40. The van der Waals surface area contributed by atoms with Crippen LogP contribution in [0.1, 0.15) is 16.7 Å². The van der Waals surface area contributed by atoms with Crippen LogP contribution in [0.25, 0.3) is 22.3 Å². The van der Waals surface area contributed by atoms with Gasteiger partial charge in [-0.3, -0.25) is 0 Å². The molecule has 0 spiro atoms. The average Bonchev–Trinajstić information content (AvgIpc) is 2.63. The van der Waals surface area contributed by atoms with E-state index in [0.29, 0.717) is 5.56 Å². The molecule has 1 heterocycles. The molecule has 0 aliphatic carbocycles. The first-order valence-corrected chi connectivity index (χ1v) is 7.95. The number of aromatic nitrogens is 1. The van der Waals surface area contributed by atoms with Crippen molar-refractivity contribution in [1.29, 1.82) is 5.26 Å². The van der Waals surface area contributed by atoms with E-state index >= 15 is 0 Å². The molecule has 4 heteroatoms. The van der Waals surface area contributed by atoms with Gasteiger partial charge in [-0.15, -0.1) is 0 Å². The summed E-state index contributed by atoms with van der Waals surface area (Å²) in [7, 11) is 1.64. The normalized spacial score (nSPS) is 10.3. The van der Waals surface area contributed by atoms with Crippen molar-refractivity contribution in [3.05, 3.63) is 65.4 Å². The van der Waals surface area contributed by atoms with Crippen LogP contribution in [0.3, 0.4) is 0 Å². The molecule has 0 saturated heterocycles. The number of nitrogens with two attached hydrogens (primary N) is 1. The lowest BCUT2D eigenvalue weighted by Crippen LogP contribution is -2.00. The summed E-state index contributed by atoms with van der Waals surface area (Å²) < 4.78 is 5.44. The number of benzene rings is 2. The van der Waals surface area contributed by atoms with Crippen molar-refractivity contribution in [2.45, 2.75) is 13.8 Å². The number of nitrogen functional groups attached to an aromatic ring is 1. The van der Waals surface area contributed by atoms with E-state index in [1.54, 1.807) is 13.3 Å². The third kappa shape index (κ3) is 3.05. The summed E-state index contributed by atoms with van der Waals surface area (Å²) in [6.07, 6.45) is 1.72. The van der Waals surface area contributed by atoms with E-state index in [4.69, 9.17) is 10.5 Å². The third-order valence-electron chi connectivity index (χ3n) is 4.28. The number of pyridine rings is 1. The van der Waals surface area contributed by atoms with Crippen LogP contribution in [0.2, 0.25) is 0 Å². The molecule has 0 saturated carbocycles. The molecule has 0 atom stereocenters. The molecule has 4 nitrogen and oxygen atoms in total. The SMILES string of the molecule is COc1cc(-c2c(-c3ccc(C)cc3)cnc(N)c2C#N)ccc1C. The lowest BCUT2D eigenvalue weighted by Gasteiger charge is -2.15. The van der Waals surface area contributed by atoms with E-state index in [0.717, 1.165) is 33.6 Å². The second kappa shape index (κ2) is 6.66. The topological polar surface area (TPSA) is 71.9 Å². The molecule has 124 valence electrons. The van der Waals surface area contributed by atoms with Gasteiger partial charge in [0.15, 0.2) is 0 Å². The number of ether oxygens (including phenoxy) is 1. The first-order chi connectivity index (χ1) is 12.0. The third-order valence-corrected chi connectivity index (χ3v) is 4.28. The Morgan fingerprint density at radius 3 is 2.36 bits per heavy atom. The Bertz CT molecular complexity index is 970. The van der Waals surface area contributed by atoms with Gasteiger partial charge >= 0.3 is 0 Å². The van der Waals surface area contributed by atoms with E-state index in [2.05, 4.69) is 11.1 Å². The molecule has 0 fully saturated rings. The van der Waals surface area contributed by atoms with Crippen molar-refractivity contribution in [3.8, 4) is 34.1 Å². The van der Waals surface area contributed by atoms with Gasteiger partial charge in [-0.2, -0.15) is 5.26 Å². The summed E-state index contributed by atoms with van der Waals surface area (Å²) in [5, 5.41) is 9.66. The molecule has 2 N–H and O–H groups in total. The molecule has 25 heavy (non-hydrogen) atoms. The van der Waals surface area contributed by atoms with Gasteiger partial charge in [-0.1, -0.05) is 42.0 Å². The molecule has 3 rings (SSSR count). The molecule has 0 amide bonds. The zero-order valence-electron chi connectivity index (χ0n) is 14.5. The van der Waals surface area contributed by atoms with Gasteiger partial charge in [0.1, 0.15) is 23.2 Å². The lowest BCUT2D eigenvalue weighted by atomic mass is 9.91. The number of rotatable bonds is 3. The second-order valence-corrected chi connectivity index (χ2v) is 5.97. The molecule has 0 aliphatic heterocycles.